The summed E-state index contributed by atoms with van der Waals surface area (Å²) in [5.74, 6) is -2.75. The number of Topliss-reactive ketones (excluding diaryl/α,β-unsaturated/α-hetero) is 1. The van der Waals surface area contributed by atoms with E-state index in [0.29, 0.717) is 0 Å². The van der Waals surface area contributed by atoms with Gasteiger partial charge in [0.25, 0.3) is 5.56 Å². The third kappa shape index (κ3) is 2.76. The zero-order chi connectivity index (χ0) is 14.0. The fraction of sp³-hybridized carbons (Fsp3) is 0.0833. The second kappa shape index (κ2) is 5.40. The largest absolute Gasteiger partial charge is 0.292 e. The molecule has 0 bridgehead atoms. The predicted octanol–water partition coefficient (Wildman–Crippen LogP) is 2.17. The standard InChI is InChI=1S/C12H7BrF2N2O2/c13-7-4-16-6-17(12(7)19)5-10(18)11-8(14)2-1-3-9(11)15/h1-4,6H,5H2. The molecule has 0 aliphatic carbocycles. The fourth-order valence-electron chi connectivity index (χ4n) is 1.53. The predicted molar refractivity (Wildman–Crippen MR) is 66.9 cm³/mol. The zero-order valence-corrected chi connectivity index (χ0v) is 11.0. The number of hydrogen-bond acceptors (Lipinski definition) is 3. The molecule has 4 nitrogen and oxygen atoms in total. The van der Waals surface area contributed by atoms with Crippen molar-refractivity contribution in [2.45, 2.75) is 6.54 Å². The lowest BCUT2D eigenvalue weighted by molar-refractivity contribution is 0.0962. The molecule has 0 atom stereocenters. The average molecular weight is 329 g/mol. The van der Waals surface area contributed by atoms with Crippen molar-refractivity contribution in [3.63, 3.8) is 0 Å². The van der Waals surface area contributed by atoms with E-state index < -0.39 is 35.1 Å². The first kappa shape index (κ1) is 13.5. The monoisotopic (exact) mass is 328 g/mol. The molecule has 0 unspecified atom stereocenters. The Morgan fingerprint density at radius 1 is 1.32 bits per heavy atom. The summed E-state index contributed by atoms with van der Waals surface area (Å²) in [5.41, 5.74) is -1.16. The van der Waals surface area contributed by atoms with Crippen LogP contribution in [0.5, 0.6) is 0 Å². The molecule has 1 aromatic carbocycles. The van der Waals surface area contributed by atoms with E-state index in [9.17, 15) is 18.4 Å². The van der Waals surface area contributed by atoms with Crippen LogP contribution in [0.15, 0.2) is 40.0 Å². The van der Waals surface area contributed by atoms with Crippen LogP contribution in [-0.2, 0) is 6.54 Å². The Bertz CT molecular complexity index is 680. The lowest BCUT2D eigenvalue weighted by atomic mass is 10.1. The van der Waals surface area contributed by atoms with Crippen molar-refractivity contribution in [3.8, 4) is 0 Å². The van der Waals surface area contributed by atoms with E-state index >= 15 is 0 Å². The van der Waals surface area contributed by atoms with Crippen LogP contribution >= 0.6 is 15.9 Å². The van der Waals surface area contributed by atoms with Gasteiger partial charge in [0.15, 0.2) is 5.78 Å². The Labute approximate surface area is 114 Å². The van der Waals surface area contributed by atoms with Gasteiger partial charge in [-0.2, -0.15) is 0 Å². The first-order chi connectivity index (χ1) is 9.00. The molecule has 19 heavy (non-hydrogen) atoms. The van der Waals surface area contributed by atoms with Crippen LogP contribution in [0.2, 0.25) is 0 Å². The highest BCUT2D eigenvalue weighted by Gasteiger charge is 2.18. The lowest BCUT2D eigenvalue weighted by Crippen LogP contribution is -2.25. The van der Waals surface area contributed by atoms with E-state index in [-0.39, 0.29) is 4.47 Å². The average Bonchev–Trinajstić information content (AvgIpc) is 2.35. The van der Waals surface area contributed by atoms with Gasteiger partial charge in [-0.25, -0.2) is 13.8 Å². The summed E-state index contributed by atoms with van der Waals surface area (Å²) in [6.07, 6.45) is 2.40. The SMILES string of the molecule is O=C(Cn1cncc(Br)c1=O)c1c(F)cccc1F. The molecule has 0 aliphatic heterocycles. The number of rotatable bonds is 3. The molecule has 7 heteroatoms. The summed E-state index contributed by atoms with van der Waals surface area (Å²) in [7, 11) is 0. The van der Waals surface area contributed by atoms with E-state index in [1.807, 2.05) is 0 Å². The van der Waals surface area contributed by atoms with Crippen molar-refractivity contribution < 1.29 is 13.6 Å². The van der Waals surface area contributed by atoms with Gasteiger partial charge in [-0.05, 0) is 28.1 Å². The van der Waals surface area contributed by atoms with E-state index in [4.69, 9.17) is 0 Å². The number of halogens is 3. The van der Waals surface area contributed by atoms with Crippen LogP contribution in [0.1, 0.15) is 10.4 Å². The molecular weight excluding hydrogens is 322 g/mol. The summed E-state index contributed by atoms with van der Waals surface area (Å²) in [4.78, 5) is 27.2. The second-order valence-electron chi connectivity index (χ2n) is 3.69. The minimum Gasteiger partial charge on any atom is -0.292 e. The summed E-state index contributed by atoms with van der Waals surface area (Å²) >= 11 is 2.97. The van der Waals surface area contributed by atoms with Gasteiger partial charge < -0.3 is 0 Å². The molecule has 2 aromatic rings. The van der Waals surface area contributed by atoms with E-state index in [1.165, 1.54) is 6.20 Å². The van der Waals surface area contributed by atoms with Gasteiger partial charge in [0.1, 0.15) is 16.1 Å². The van der Waals surface area contributed by atoms with Crippen LogP contribution < -0.4 is 5.56 Å². The van der Waals surface area contributed by atoms with Crippen LogP contribution in [0, 0.1) is 11.6 Å². The lowest BCUT2D eigenvalue weighted by Gasteiger charge is -2.06. The first-order valence-corrected chi connectivity index (χ1v) is 5.97. The van der Waals surface area contributed by atoms with Crippen molar-refractivity contribution >= 4 is 21.7 Å². The van der Waals surface area contributed by atoms with Gasteiger partial charge in [0.05, 0.1) is 18.4 Å². The van der Waals surface area contributed by atoms with Crippen molar-refractivity contribution in [2.24, 2.45) is 0 Å². The molecule has 0 fully saturated rings. The topological polar surface area (TPSA) is 52.0 Å². The van der Waals surface area contributed by atoms with E-state index in [1.54, 1.807) is 0 Å². The zero-order valence-electron chi connectivity index (χ0n) is 9.44. The number of benzene rings is 1. The van der Waals surface area contributed by atoms with Crippen LogP contribution in [0.3, 0.4) is 0 Å². The highest BCUT2D eigenvalue weighted by atomic mass is 79.9. The number of nitrogens with zero attached hydrogens (tertiary/aromatic N) is 2. The number of aromatic nitrogens is 2. The normalized spacial score (nSPS) is 10.5. The Balaban J connectivity index is 2.37. The minimum atomic E-state index is -0.957. The summed E-state index contributed by atoms with van der Waals surface area (Å²) in [6, 6.07) is 3.13. The van der Waals surface area contributed by atoms with Gasteiger partial charge in [-0.1, -0.05) is 6.07 Å². The highest BCUT2D eigenvalue weighted by Crippen LogP contribution is 2.13. The number of carbonyl (C=O) groups excluding carboxylic acids is 1. The quantitative estimate of drug-likeness (QED) is 0.811. The molecule has 2 rings (SSSR count). The molecule has 0 radical (unpaired) electrons. The number of ketones is 1. The highest BCUT2D eigenvalue weighted by molar-refractivity contribution is 9.10. The summed E-state index contributed by atoms with van der Waals surface area (Å²) < 4.78 is 28.0. The molecule has 0 amide bonds. The van der Waals surface area contributed by atoms with Gasteiger partial charge in [0.2, 0.25) is 0 Å². The molecule has 98 valence electrons. The number of hydrogen-bond donors (Lipinski definition) is 0. The Kier molecular flexibility index (Phi) is 3.84. The van der Waals surface area contributed by atoms with Gasteiger partial charge in [-0.3, -0.25) is 14.2 Å². The van der Waals surface area contributed by atoms with Crippen molar-refractivity contribution in [1.82, 2.24) is 9.55 Å². The molecular formula is C12H7BrF2N2O2. The Morgan fingerprint density at radius 2 is 1.95 bits per heavy atom. The molecule has 0 aliphatic rings. The van der Waals surface area contributed by atoms with Gasteiger partial charge >= 0.3 is 0 Å². The maximum absolute atomic E-state index is 13.4. The summed E-state index contributed by atoms with van der Waals surface area (Å²) in [5, 5.41) is 0. The maximum atomic E-state index is 13.4. The number of carbonyl (C=O) groups is 1. The first-order valence-electron chi connectivity index (χ1n) is 5.18. The van der Waals surface area contributed by atoms with Crippen molar-refractivity contribution in [1.29, 1.82) is 0 Å². The third-order valence-electron chi connectivity index (χ3n) is 2.41. The molecule has 1 aromatic heterocycles. The Hall–Kier alpha value is -1.89. The smallest absolute Gasteiger partial charge is 0.268 e. The van der Waals surface area contributed by atoms with Gasteiger partial charge in [0, 0.05) is 6.20 Å². The van der Waals surface area contributed by atoms with Gasteiger partial charge in [-0.15, -0.1) is 0 Å². The second-order valence-corrected chi connectivity index (χ2v) is 4.55. The molecule has 0 spiro atoms. The molecule has 0 N–H and O–H groups in total. The van der Waals surface area contributed by atoms with E-state index in [2.05, 4.69) is 20.9 Å². The molecule has 0 saturated heterocycles. The van der Waals surface area contributed by atoms with Crippen LogP contribution in [0.4, 0.5) is 8.78 Å². The third-order valence-corrected chi connectivity index (χ3v) is 2.96. The maximum Gasteiger partial charge on any atom is 0.268 e. The fourth-order valence-corrected chi connectivity index (χ4v) is 1.88. The minimum absolute atomic E-state index is 0.164. The molecule has 1 heterocycles. The van der Waals surface area contributed by atoms with Crippen molar-refractivity contribution in [2.75, 3.05) is 0 Å². The van der Waals surface area contributed by atoms with Crippen LogP contribution in [-0.4, -0.2) is 15.3 Å². The van der Waals surface area contributed by atoms with Crippen LogP contribution in [0.25, 0.3) is 0 Å². The Morgan fingerprint density at radius 3 is 2.58 bits per heavy atom. The van der Waals surface area contributed by atoms with E-state index in [0.717, 1.165) is 29.1 Å². The van der Waals surface area contributed by atoms with Crippen molar-refractivity contribution in [3.05, 3.63) is 62.7 Å². The summed E-state index contributed by atoms with van der Waals surface area (Å²) in [6.45, 7) is -0.483. The molecule has 0 saturated carbocycles.